The number of tetrazole rings is 1. The van der Waals surface area contributed by atoms with Gasteiger partial charge < -0.3 is 9.72 Å². The van der Waals surface area contributed by atoms with Crippen molar-refractivity contribution < 1.29 is 4.74 Å². The maximum Gasteiger partial charge on any atom is 0.252 e. The van der Waals surface area contributed by atoms with Crippen LogP contribution < -0.4 is 10.3 Å². The zero-order chi connectivity index (χ0) is 26.3. The van der Waals surface area contributed by atoms with Crippen LogP contribution in [0.3, 0.4) is 0 Å². The quantitative estimate of drug-likeness (QED) is 0.234. The van der Waals surface area contributed by atoms with E-state index in [4.69, 9.17) is 4.74 Å². The Morgan fingerprint density at radius 1 is 1.05 bits per heavy atom. The summed E-state index contributed by atoms with van der Waals surface area (Å²) < 4.78 is 7.59. The van der Waals surface area contributed by atoms with Gasteiger partial charge in [0.1, 0.15) is 5.75 Å². The third-order valence-electron chi connectivity index (χ3n) is 6.66. The number of aryl methyl sites for hydroxylation is 2. The second kappa shape index (κ2) is 12.1. The summed E-state index contributed by atoms with van der Waals surface area (Å²) in [5, 5.41) is 15.8. The van der Waals surface area contributed by atoms with Crippen LogP contribution in [0.15, 0.2) is 76.9 Å². The molecule has 8 nitrogen and oxygen atoms in total. The van der Waals surface area contributed by atoms with Gasteiger partial charge in [-0.2, -0.15) is 0 Å². The second-order valence-electron chi connectivity index (χ2n) is 9.21. The molecule has 0 aliphatic heterocycles. The molecule has 0 unspecified atom stereocenters. The first kappa shape index (κ1) is 25.8. The van der Waals surface area contributed by atoms with E-state index in [1.54, 1.807) is 11.3 Å². The molecule has 9 heteroatoms. The Hall–Kier alpha value is -3.82. The molecule has 0 saturated heterocycles. The zero-order valence-electron chi connectivity index (χ0n) is 21.7. The Morgan fingerprint density at radius 2 is 1.92 bits per heavy atom. The van der Waals surface area contributed by atoms with Crippen molar-refractivity contribution in [1.29, 1.82) is 0 Å². The molecule has 1 N–H and O–H groups in total. The number of fused-ring (bicyclic) bond motifs is 1. The lowest BCUT2D eigenvalue weighted by molar-refractivity contribution is 0.162. The molecule has 0 bridgehead atoms. The van der Waals surface area contributed by atoms with Crippen molar-refractivity contribution in [1.82, 2.24) is 30.1 Å². The van der Waals surface area contributed by atoms with Gasteiger partial charge in [-0.05, 0) is 71.5 Å². The molecule has 196 valence electrons. The third kappa shape index (κ3) is 6.00. The van der Waals surface area contributed by atoms with Crippen molar-refractivity contribution in [2.45, 2.75) is 52.4 Å². The largest absolute Gasteiger partial charge is 0.494 e. The van der Waals surface area contributed by atoms with Crippen molar-refractivity contribution in [3.05, 3.63) is 104 Å². The van der Waals surface area contributed by atoms with Gasteiger partial charge in [0.05, 0.1) is 12.6 Å². The first-order valence-corrected chi connectivity index (χ1v) is 13.9. The Bertz CT molecular complexity index is 1510. The average molecular weight is 529 g/mol. The fourth-order valence-corrected chi connectivity index (χ4v) is 5.52. The number of hydrogen-bond donors (Lipinski definition) is 1. The summed E-state index contributed by atoms with van der Waals surface area (Å²) >= 11 is 1.71. The van der Waals surface area contributed by atoms with Crippen LogP contribution in [0.4, 0.5) is 0 Å². The molecule has 0 aliphatic rings. The van der Waals surface area contributed by atoms with E-state index in [0.29, 0.717) is 31.8 Å². The number of rotatable bonds is 12. The van der Waals surface area contributed by atoms with Crippen molar-refractivity contribution in [2.75, 3.05) is 6.61 Å². The predicted octanol–water partition coefficient (Wildman–Crippen LogP) is 5.37. The molecule has 1 atom stereocenters. The highest BCUT2D eigenvalue weighted by molar-refractivity contribution is 7.09. The normalized spacial score (nSPS) is 12.3. The summed E-state index contributed by atoms with van der Waals surface area (Å²) in [6.07, 6.45) is 1.64. The van der Waals surface area contributed by atoms with Crippen LogP contribution in [0, 0.1) is 0 Å². The molecule has 0 aliphatic carbocycles. The minimum absolute atomic E-state index is 0.0623. The number of aromatic nitrogens is 5. The molecule has 0 saturated carbocycles. The Morgan fingerprint density at radius 3 is 2.68 bits per heavy atom. The monoisotopic (exact) mass is 528 g/mol. The number of benzene rings is 2. The van der Waals surface area contributed by atoms with Gasteiger partial charge >= 0.3 is 0 Å². The minimum Gasteiger partial charge on any atom is -0.494 e. The molecule has 5 aromatic rings. The number of pyridine rings is 1. The van der Waals surface area contributed by atoms with E-state index >= 15 is 0 Å². The van der Waals surface area contributed by atoms with Crippen molar-refractivity contribution in [2.24, 2.45) is 0 Å². The van der Waals surface area contributed by atoms with E-state index < -0.39 is 0 Å². The highest BCUT2D eigenvalue weighted by Crippen LogP contribution is 2.28. The maximum absolute atomic E-state index is 13.1. The Kier molecular flexibility index (Phi) is 8.25. The van der Waals surface area contributed by atoms with Crippen molar-refractivity contribution in [3.63, 3.8) is 0 Å². The summed E-state index contributed by atoms with van der Waals surface area (Å²) in [6, 6.07) is 22.2. The number of H-pyrrole nitrogens is 1. The summed E-state index contributed by atoms with van der Waals surface area (Å²) in [5.41, 5.74) is 2.65. The minimum atomic E-state index is -0.0867. The van der Waals surface area contributed by atoms with Gasteiger partial charge in [0.15, 0.2) is 5.82 Å². The van der Waals surface area contributed by atoms with Gasteiger partial charge in [0.25, 0.3) is 5.56 Å². The van der Waals surface area contributed by atoms with Crippen LogP contribution in [-0.4, -0.2) is 36.7 Å². The van der Waals surface area contributed by atoms with Crippen molar-refractivity contribution in [3.8, 4) is 5.75 Å². The maximum atomic E-state index is 13.1. The number of thiophene rings is 1. The zero-order valence-corrected chi connectivity index (χ0v) is 22.5. The topological polar surface area (TPSA) is 88.9 Å². The van der Waals surface area contributed by atoms with E-state index in [-0.39, 0.29) is 11.6 Å². The van der Waals surface area contributed by atoms with Crippen LogP contribution in [0.5, 0.6) is 5.75 Å². The lowest BCUT2D eigenvalue weighted by Crippen LogP contribution is -2.32. The molecule has 0 spiro atoms. The van der Waals surface area contributed by atoms with E-state index in [1.807, 2.05) is 54.1 Å². The summed E-state index contributed by atoms with van der Waals surface area (Å²) in [7, 11) is 0. The SMILES string of the molecule is CCOc1ccc2[nH]c(=O)c(CN(Cc3cccs3)[C@@H](CC)c3nnnn3CCc3ccccc3)cc2c1. The van der Waals surface area contributed by atoms with E-state index in [9.17, 15) is 4.79 Å². The fraction of sp³-hybridized carbons (Fsp3) is 0.310. The number of nitrogens with one attached hydrogen (secondary N) is 1. The van der Waals surface area contributed by atoms with Gasteiger partial charge in [0, 0.05) is 41.0 Å². The molecular formula is C29H32N6O2S. The average Bonchev–Trinajstić information content (AvgIpc) is 3.62. The first-order chi connectivity index (χ1) is 18.6. The molecule has 5 rings (SSSR count). The van der Waals surface area contributed by atoms with E-state index in [0.717, 1.165) is 35.3 Å². The summed E-state index contributed by atoms with van der Waals surface area (Å²) in [4.78, 5) is 19.7. The number of ether oxygens (including phenoxy) is 1. The highest BCUT2D eigenvalue weighted by Gasteiger charge is 2.26. The van der Waals surface area contributed by atoms with Gasteiger partial charge in [0.2, 0.25) is 0 Å². The van der Waals surface area contributed by atoms with Gasteiger partial charge in [-0.25, -0.2) is 4.68 Å². The molecule has 3 aromatic heterocycles. The third-order valence-corrected chi connectivity index (χ3v) is 7.52. The van der Waals surface area contributed by atoms with E-state index in [1.165, 1.54) is 10.4 Å². The fourth-order valence-electron chi connectivity index (χ4n) is 4.79. The highest BCUT2D eigenvalue weighted by atomic mass is 32.1. The van der Waals surface area contributed by atoms with Gasteiger partial charge in [-0.15, -0.1) is 16.4 Å². The molecule has 0 fully saturated rings. The summed E-state index contributed by atoms with van der Waals surface area (Å²) in [5.74, 6) is 1.60. The van der Waals surface area contributed by atoms with Gasteiger partial charge in [-0.3, -0.25) is 9.69 Å². The molecular weight excluding hydrogens is 496 g/mol. The first-order valence-electron chi connectivity index (χ1n) is 13.0. The van der Waals surface area contributed by atoms with Crippen LogP contribution in [-0.2, 0) is 26.1 Å². The van der Waals surface area contributed by atoms with Gasteiger partial charge in [-0.1, -0.05) is 43.3 Å². The smallest absolute Gasteiger partial charge is 0.252 e. The number of aromatic amines is 1. The van der Waals surface area contributed by atoms with Crippen LogP contribution in [0.1, 0.15) is 48.1 Å². The predicted molar refractivity (Wildman–Crippen MR) is 150 cm³/mol. The summed E-state index contributed by atoms with van der Waals surface area (Å²) in [6.45, 7) is 6.54. The molecule has 2 aromatic carbocycles. The molecule has 0 amide bonds. The number of hydrogen-bond acceptors (Lipinski definition) is 7. The lowest BCUT2D eigenvalue weighted by atomic mass is 10.1. The van der Waals surface area contributed by atoms with Crippen LogP contribution in [0.25, 0.3) is 10.9 Å². The standard InChI is InChI=1S/C29H32N6O2S/c1-3-27(28-31-32-33-35(28)15-14-21-9-6-5-7-10-21)34(20-25-11-8-16-38-25)19-23-17-22-18-24(37-4-2)12-13-26(22)30-29(23)36/h5-13,16-18,27H,3-4,14-15,19-20H2,1-2H3,(H,30,36)/t27-/m0/s1. The molecule has 0 radical (unpaired) electrons. The molecule has 38 heavy (non-hydrogen) atoms. The Balaban J connectivity index is 1.46. The molecule has 3 heterocycles. The number of nitrogens with zero attached hydrogens (tertiary/aromatic N) is 5. The van der Waals surface area contributed by atoms with Crippen molar-refractivity contribution >= 4 is 22.2 Å². The van der Waals surface area contributed by atoms with E-state index in [2.05, 4.69) is 62.0 Å². The van der Waals surface area contributed by atoms with Crippen LogP contribution >= 0.6 is 11.3 Å². The van der Waals surface area contributed by atoms with Crippen LogP contribution in [0.2, 0.25) is 0 Å². The Labute approximate surface area is 225 Å². The lowest BCUT2D eigenvalue weighted by Gasteiger charge is -2.30. The second-order valence-corrected chi connectivity index (χ2v) is 10.2.